The second kappa shape index (κ2) is 6.41. The summed E-state index contributed by atoms with van der Waals surface area (Å²) >= 11 is 0. The number of amides is 1. The molecular formula is C22H25N3O2. The van der Waals surface area contributed by atoms with E-state index in [0.29, 0.717) is 18.9 Å². The molecule has 0 saturated heterocycles. The van der Waals surface area contributed by atoms with Gasteiger partial charge in [-0.25, -0.2) is 4.99 Å². The number of methoxy groups -OCH3 is 1. The van der Waals surface area contributed by atoms with Gasteiger partial charge in [0.2, 0.25) is 5.90 Å². The lowest BCUT2D eigenvalue weighted by atomic mass is 9.85. The minimum Gasteiger partial charge on any atom is -0.480 e. The van der Waals surface area contributed by atoms with Gasteiger partial charge >= 0.3 is 0 Å². The monoisotopic (exact) mass is 363 g/mol. The topological polar surface area (TPSA) is 57.7 Å². The molecule has 0 radical (unpaired) electrons. The first kappa shape index (κ1) is 17.6. The molecule has 1 atom stereocenters. The second-order valence-corrected chi connectivity index (χ2v) is 7.68. The van der Waals surface area contributed by atoms with E-state index < -0.39 is 6.04 Å². The van der Waals surface area contributed by atoms with Crippen molar-refractivity contribution in [1.29, 1.82) is 0 Å². The van der Waals surface area contributed by atoms with E-state index in [1.54, 1.807) is 7.11 Å². The SMILES string of the molecule is C=CC(C)(C)c1[nH]c2ccccc2c1CC1N=C(OC)C2=CCCN2C1=O. The average Bonchev–Trinajstić information content (AvgIpc) is 3.30. The van der Waals surface area contributed by atoms with Gasteiger partial charge < -0.3 is 14.6 Å². The third-order valence-electron chi connectivity index (χ3n) is 5.58. The van der Waals surface area contributed by atoms with Crippen LogP contribution in [0.25, 0.3) is 10.9 Å². The van der Waals surface area contributed by atoms with Crippen molar-refractivity contribution in [3.63, 3.8) is 0 Å². The van der Waals surface area contributed by atoms with Crippen molar-refractivity contribution < 1.29 is 9.53 Å². The first-order valence-electron chi connectivity index (χ1n) is 9.33. The molecule has 4 rings (SSSR count). The first-order valence-corrected chi connectivity index (χ1v) is 9.33. The van der Waals surface area contributed by atoms with Crippen molar-refractivity contribution in [3.05, 3.63) is 60.0 Å². The Morgan fingerprint density at radius 1 is 1.41 bits per heavy atom. The molecule has 5 heteroatoms. The fourth-order valence-corrected chi connectivity index (χ4v) is 3.98. The highest BCUT2D eigenvalue weighted by Gasteiger charge is 2.38. The van der Waals surface area contributed by atoms with Gasteiger partial charge in [0.05, 0.1) is 7.11 Å². The zero-order chi connectivity index (χ0) is 19.2. The van der Waals surface area contributed by atoms with Crippen molar-refractivity contribution in [1.82, 2.24) is 9.88 Å². The first-order chi connectivity index (χ1) is 13.0. The average molecular weight is 363 g/mol. The highest BCUT2D eigenvalue weighted by molar-refractivity contribution is 6.04. The number of nitrogens with one attached hydrogen (secondary N) is 1. The molecule has 0 spiro atoms. The lowest BCUT2D eigenvalue weighted by Gasteiger charge is -2.30. The third-order valence-corrected chi connectivity index (χ3v) is 5.58. The molecule has 0 saturated carbocycles. The Hall–Kier alpha value is -2.82. The molecule has 27 heavy (non-hydrogen) atoms. The summed E-state index contributed by atoms with van der Waals surface area (Å²) in [6.07, 6.45) is 5.34. The molecule has 1 unspecified atom stereocenters. The number of aliphatic imine (C=N–C) groups is 1. The smallest absolute Gasteiger partial charge is 0.252 e. The normalized spacial score (nSPS) is 19.7. The predicted molar refractivity (Wildman–Crippen MR) is 108 cm³/mol. The number of aromatic amines is 1. The Morgan fingerprint density at radius 2 is 2.19 bits per heavy atom. The Bertz CT molecular complexity index is 981. The minimum absolute atomic E-state index is 0.0483. The summed E-state index contributed by atoms with van der Waals surface area (Å²) in [5, 5.41) is 1.13. The summed E-state index contributed by atoms with van der Waals surface area (Å²) in [4.78, 5) is 23.1. The maximum atomic E-state index is 13.1. The van der Waals surface area contributed by atoms with Crippen LogP contribution in [0.1, 0.15) is 31.5 Å². The molecule has 0 aliphatic carbocycles. The van der Waals surface area contributed by atoms with Crippen molar-refractivity contribution in [2.45, 2.75) is 38.1 Å². The molecule has 1 N–H and O–H groups in total. The number of allylic oxidation sites excluding steroid dienone is 1. The molecule has 2 aliphatic rings. The third kappa shape index (κ3) is 2.78. The number of rotatable bonds is 4. The summed E-state index contributed by atoms with van der Waals surface area (Å²) in [5.74, 6) is 0.605. The molecule has 1 aromatic heterocycles. The second-order valence-electron chi connectivity index (χ2n) is 7.68. The molecule has 1 amide bonds. The zero-order valence-electron chi connectivity index (χ0n) is 16.1. The molecule has 5 nitrogen and oxygen atoms in total. The Balaban J connectivity index is 1.80. The highest BCUT2D eigenvalue weighted by atomic mass is 16.5. The number of ether oxygens (including phenoxy) is 1. The van der Waals surface area contributed by atoms with Gasteiger partial charge in [0.25, 0.3) is 5.91 Å². The fraction of sp³-hybridized carbons (Fsp3) is 0.364. The van der Waals surface area contributed by atoms with Crippen LogP contribution in [0.2, 0.25) is 0 Å². The number of para-hydroxylation sites is 1. The van der Waals surface area contributed by atoms with Gasteiger partial charge in [-0.3, -0.25) is 4.79 Å². The number of hydrogen-bond donors (Lipinski definition) is 1. The van der Waals surface area contributed by atoms with Gasteiger partial charge in [0, 0.05) is 35.0 Å². The molecule has 1 aromatic carbocycles. The summed E-state index contributed by atoms with van der Waals surface area (Å²) in [5.41, 5.74) is 3.85. The standard InChI is InChI=1S/C22H25N3O2/c1-5-22(2,3)19-15(14-9-6-7-10-16(14)23-19)13-17-21(26)25-12-8-11-18(25)20(24-17)27-4/h5-7,9-11,17,23H,1,8,12-13H2,2-4H3. The van der Waals surface area contributed by atoms with Crippen LogP contribution in [-0.4, -0.2) is 41.4 Å². The van der Waals surface area contributed by atoms with Crippen LogP contribution in [0, 0.1) is 0 Å². The molecule has 3 heterocycles. The molecule has 140 valence electrons. The van der Waals surface area contributed by atoms with E-state index in [2.05, 4.69) is 42.5 Å². The largest absolute Gasteiger partial charge is 0.480 e. The molecular weight excluding hydrogens is 338 g/mol. The number of carbonyl (C=O) groups excluding carboxylic acids is 1. The molecule has 2 aromatic rings. The maximum absolute atomic E-state index is 13.1. The lowest BCUT2D eigenvalue weighted by molar-refractivity contribution is -0.130. The van der Waals surface area contributed by atoms with Crippen molar-refractivity contribution in [2.24, 2.45) is 4.99 Å². The van der Waals surface area contributed by atoms with E-state index in [9.17, 15) is 4.79 Å². The Kier molecular flexibility index (Phi) is 4.17. The molecule has 0 bridgehead atoms. The van der Waals surface area contributed by atoms with Gasteiger partial charge in [-0.15, -0.1) is 6.58 Å². The van der Waals surface area contributed by atoms with Crippen LogP contribution >= 0.6 is 0 Å². The van der Waals surface area contributed by atoms with Crippen LogP contribution in [-0.2, 0) is 21.4 Å². The molecule has 0 fully saturated rings. The lowest BCUT2D eigenvalue weighted by Crippen LogP contribution is -2.44. The summed E-state index contributed by atoms with van der Waals surface area (Å²) in [6.45, 7) is 8.95. The van der Waals surface area contributed by atoms with Crippen molar-refractivity contribution in [3.8, 4) is 0 Å². The van der Waals surface area contributed by atoms with E-state index in [-0.39, 0.29) is 11.3 Å². The van der Waals surface area contributed by atoms with Crippen LogP contribution in [0.15, 0.2) is 53.7 Å². The number of carbonyl (C=O) groups is 1. The number of nitrogens with zero attached hydrogens (tertiary/aromatic N) is 2. The van der Waals surface area contributed by atoms with Gasteiger partial charge in [-0.05, 0) is 18.1 Å². The minimum atomic E-state index is -0.478. The van der Waals surface area contributed by atoms with E-state index >= 15 is 0 Å². The Labute approximate surface area is 159 Å². The van der Waals surface area contributed by atoms with Gasteiger partial charge in [0.15, 0.2) is 0 Å². The molecule has 2 aliphatic heterocycles. The quantitative estimate of drug-likeness (QED) is 0.842. The number of aromatic nitrogens is 1. The summed E-state index contributed by atoms with van der Waals surface area (Å²) in [7, 11) is 1.61. The predicted octanol–water partition coefficient (Wildman–Crippen LogP) is 3.72. The van der Waals surface area contributed by atoms with Crippen molar-refractivity contribution in [2.75, 3.05) is 13.7 Å². The van der Waals surface area contributed by atoms with Crippen molar-refractivity contribution >= 4 is 22.7 Å². The number of fused-ring (bicyclic) bond motifs is 2. The van der Waals surface area contributed by atoms with E-state index in [1.165, 1.54) is 0 Å². The zero-order valence-corrected chi connectivity index (χ0v) is 16.1. The van der Waals surface area contributed by atoms with Crippen LogP contribution < -0.4 is 0 Å². The number of H-pyrrole nitrogens is 1. The maximum Gasteiger partial charge on any atom is 0.252 e. The van der Waals surface area contributed by atoms with Crippen LogP contribution in [0.3, 0.4) is 0 Å². The highest BCUT2D eigenvalue weighted by Crippen LogP contribution is 2.35. The van der Waals surface area contributed by atoms with Crippen LogP contribution in [0.5, 0.6) is 0 Å². The Morgan fingerprint density at radius 3 is 2.93 bits per heavy atom. The summed E-state index contributed by atoms with van der Waals surface area (Å²) in [6, 6.07) is 7.72. The van der Waals surface area contributed by atoms with Crippen LogP contribution in [0.4, 0.5) is 0 Å². The van der Waals surface area contributed by atoms with Gasteiger partial charge in [-0.1, -0.05) is 44.2 Å². The summed E-state index contributed by atoms with van der Waals surface area (Å²) < 4.78 is 5.47. The van der Waals surface area contributed by atoms with Gasteiger partial charge in [-0.2, -0.15) is 0 Å². The fourth-order valence-electron chi connectivity index (χ4n) is 3.98. The number of benzene rings is 1. The van der Waals surface area contributed by atoms with E-state index in [1.807, 2.05) is 29.2 Å². The van der Waals surface area contributed by atoms with Gasteiger partial charge in [0.1, 0.15) is 11.7 Å². The van der Waals surface area contributed by atoms with E-state index in [0.717, 1.165) is 34.3 Å². The van der Waals surface area contributed by atoms with E-state index in [4.69, 9.17) is 4.74 Å². The number of hydrogen-bond acceptors (Lipinski definition) is 3.